The van der Waals surface area contributed by atoms with Gasteiger partial charge in [-0.2, -0.15) is 0 Å². The molecule has 0 bridgehead atoms. The highest BCUT2D eigenvalue weighted by molar-refractivity contribution is 6.08. The van der Waals surface area contributed by atoms with Gasteiger partial charge in [-0.15, -0.1) is 0 Å². The number of ether oxygens (including phenoxy) is 1. The molecular formula is C26H26N2O4. The summed E-state index contributed by atoms with van der Waals surface area (Å²) < 4.78 is 5.22. The van der Waals surface area contributed by atoms with E-state index in [9.17, 15) is 14.9 Å². The van der Waals surface area contributed by atoms with Crippen LogP contribution in [0, 0.1) is 10.1 Å². The molecule has 1 atom stereocenters. The first-order valence-corrected chi connectivity index (χ1v) is 10.5. The number of amides is 1. The van der Waals surface area contributed by atoms with Crippen molar-refractivity contribution in [2.24, 2.45) is 0 Å². The van der Waals surface area contributed by atoms with Gasteiger partial charge in [0.05, 0.1) is 12.0 Å². The smallest absolute Gasteiger partial charge is 0.269 e. The number of hydrogen-bond donors (Lipinski definition) is 0. The summed E-state index contributed by atoms with van der Waals surface area (Å²) in [6.07, 6.45) is 0.663. The lowest BCUT2D eigenvalue weighted by molar-refractivity contribution is -0.384. The second-order valence-electron chi connectivity index (χ2n) is 9.01. The molecule has 1 amide bonds. The first kappa shape index (κ1) is 21.6. The van der Waals surface area contributed by atoms with E-state index in [-0.39, 0.29) is 16.5 Å². The second-order valence-corrected chi connectivity index (χ2v) is 9.01. The monoisotopic (exact) mass is 430 g/mol. The van der Waals surface area contributed by atoms with Crippen LogP contribution >= 0.6 is 0 Å². The number of methoxy groups -OCH3 is 1. The molecule has 1 heterocycles. The quantitative estimate of drug-likeness (QED) is 0.391. The van der Waals surface area contributed by atoms with Crippen LogP contribution in [0.3, 0.4) is 0 Å². The summed E-state index contributed by atoms with van der Waals surface area (Å²) in [7, 11) is 1.60. The van der Waals surface area contributed by atoms with Gasteiger partial charge in [0.1, 0.15) is 5.75 Å². The number of nitro groups is 1. The summed E-state index contributed by atoms with van der Waals surface area (Å²) in [5, 5.41) is 11.1. The number of anilines is 1. The molecule has 0 N–H and O–H groups in total. The summed E-state index contributed by atoms with van der Waals surface area (Å²) in [4.78, 5) is 26.3. The summed E-state index contributed by atoms with van der Waals surface area (Å²) >= 11 is 0. The van der Waals surface area contributed by atoms with E-state index in [1.807, 2.05) is 41.3 Å². The molecule has 1 aliphatic heterocycles. The highest BCUT2D eigenvalue weighted by atomic mass is 16.6. The summed E-state index contributed by atoms with van der Waals surface area (Å²) in [6, 6.07) is 21.8. The molecular weight excluding hydrogens is 404 g/mol. The lowest BCUT2D eigenvalue weighted by Gasteiger charge is -2.51. The zero-order valence-electron chi connectivity index (χ0n) is 18.7. The Morgan fingerprint density at radius 3 is 2.19 bits per heavy atom. The zero-order valence-corrected chi connectivity index (χ0v) is 18.7. The predicted molar refractivity (Wildman–Crippen MR) is 124 cm³/mol. The fourth-order valence-electron chi connectivity index (χ4n) is 4.96. The van der Waals surface area contributed by atoms with Gasteiger partial charge in [-0.3, -0.25) is 14.9 Å². The molecule has 3 aromatic carbocycles. The zero-order chi connectivity index (χ0) is 23.1. The standard InChI is InChI=1S/C26H26N2O4/c1-25(2)17-26(3,19-11-13-20(14-12-19)28(30)31)22-7-5-6-8-23(22)27(25)24(29)18-9-15-21(32-4)16-10-18/h5-16H,17H2,1-4H3/t26-/m0/s1. The first-order valence-electron chi connectivity index (χ1n) is 10.5. The molecule has 0 aromatic heterocycles. The van der Waals surface area contributed by atoms with Gasteiger partial charge in [0.2, 0.25) is 0 Å². The molecule has 0 radical (unpaired) electrons. The number of carbonyl (C=O) groups is 1. The van der Waals surface area contributed by atoms with Crippen molar-refractivity contribution in [2.75, 3.05) is 12.0 Å². The minimum Gasteiger partial charge on any atom is -0.497 e. The third-order valence-electron chi connectivity index (χ3n) is 6.39. The van der Waals surface area contributed by atoms with E-state index in [1.54, 1.807) is 43.5 Å². The van der Waals surface area contributed by atoms with Crippen LogP contribution in [-0.4, -0.2) is 23.5 Å². The average Bonchev–Trinajstić information content (AvgIpc) is 2.78. The molecule has 0 saturated carbocycles. The van der Waals surface area contributed by atoms with Crippen molar-refractivity contribution in [1.29, 1.82) is 0 Å². The highest BCUT2D eigenvalue weighted by Crippen LogP contribution is 2.50. The third kappa shape index (κ3) is 3.51. The highest BCUT2D eigenvalue weighted by Gasteiger charge is 2.47. The van der Waals surface area contributed by atoms with Crippen molar-refractivity contribution in [1.82, 2.24) is 0 Å². The number of non-ortho nitro benzene ring substituents is 1. The van der Waals surface area contributed by atoms with Gasteiger partial charge >= 0.3 is 0 Å². The van der Waals surface area contributed by atoms with E-state index in [0.717, 1.165) is 16.8 Å². The number of nitrogens with zero attached hydrogens (tertiary/aromatic N) is 2. The van der Waals surface area contributed by atoms with Gasteiger partial charge in [0.25, 0.3) is 11.6 Å². The topological polar surface area (TPSA) is 72.7 Å². The Bertz CT molecular complexity index is 1170. The summed E-state index contributed by atoms with van der Waals surface area (Å²) in [5.41, 5.74) is 2.61. The molecule has 0 aliphatic carbocycles. The molecule has 0 fully saturated rings. The van der Waals surface area contributed by atoms with Gasteiger partial charge in [-0.25, -0.2) is 0 Å². The van der Waals surface area contributed by atoms with Crippen molar-refractivity contribution in [2.45, 2.75) is 38.1 Å². The number of fused-ring (bicyclic) bond motifs is 1. The Morgan fingerprint density at radius 1 is 0.969 bits per heavy atom. The molecule has 0 spiro atoms. The average molecular weight is 431 g/mol. The van der Waals surface area contributed by atoms with Crippen LogP contribution in [0.4, 0.5) is 11.4 Å². The van der Waals surface area contributed by atoms with Gasteiger partial charge in [-0.1, -0.05) is 37.3 Å². The van der Waals surface area contributed by atoms with Gasteiger partial charge in [0.15, 0.2) is 0 Å². The molecule has 6 nitrogen and oxygen atoms in total. The van der Waals surface area contributed by atoms with Crippen LogP contribution in [0.15, 0.2) is 72.8 Å². The van der Waals surface area contributed by atoms with Crippen molar-refractivity contribution in [3.8, 4) is 5.75 Å². The molecule has 0 unspecified atom stereocenters. The van der Waals surface area contributed by atoms with E-state index in [1.165, 1.54) is 0 Å². The van der Waals surface area contributed by atoms with E-state index in [2.05, 4.69) is 20.8 Å². The van der Waals surface area contributed by atoms with Gasteiger partial charge in [0, 0.05) is 34.3 Å². The molecule has 6 heteroatoms. The van der Waals surface area contributed by atoms with E-state index < -0.39 is 11.0 Å². The fourth-order valence-corrected chi connectivity index (χ4v) is 4.96. The third-order valence-corrected chi connectivity index (χ3v) is 6.39. The molecule has 1 aliphatic rings. The van der Waals surface area contributed by atoms with Crippen LogP contribution in [-0.2, 0) is 5.41 Å². The van der Waals surface area contributed by atoms with Crippen LogP contribution < -0.4 is 9.64 Å². The molecule has 4 rings (SSSR count). The number of para-hydroxylation sites is 1. The van der Waals surface area contributed by atoms with Crippen molar-refractivity contribution in [3.63, 3.8) is 0 Å². The molecule has 32 heavy (non-hydrogen) atoms. The predicted octanol–water partition coefficient (Wildman–Crippen LogP) is 5.74. The van der Waals surface area contributed by atoms with E-state index in [4.69, 9.17) is 4.74 Å². The van der Waals surface area contributed by atoms with Gasteiger partial charge in [-0.05, 0) is 61.7 Å². The van der Waals surface area contributed by atoms with Crippen LogP contribution in [0.25, 0.3) is 0 Å². The molecule has 3 aromatic rings. The van der Waals surface area contributed by atoms with Crippen LogP contribution in [0.2, 0.25) is 0 Å². The Hall–Kier alpha value is -3.67. The Kier molecular flexibility index (Phi) is 5.25. The maximum atomic E-state index is 13.7. The largest absolute Gasteiger partial charge is 0.497 e. The van der Waals surface area contributed by atoms with Crippen molar-refractivity contribution >= 4 is 17.3 Å². The fraction of sp³-hybridized carbons (Fsp3) is 0.269. The maximum Gasteiger partial charge on any atom is 0.269 e. The number of nitro benzene ring substituents is 1. The SMILES string of the molecule is COc1ccc(C(=O)N2c3ccccc3[C@](C)(c3ccc([N+](=O)[O-])cc3)CC2(C)C)cc1. The lowest BCUT2D eigenvalue weighted by Crippen LogP contribution is -2.55. The van der Waals surface area contributed by atoms with Crippen molar-refractivity contribution in [3.05, 3.63) is 99.6 Å². The number of hydrogen-bond acceptors (Lipinski definition) is 4. The minimum absolute atomic E-state index is 0.0667. The maximum absolute atomic E-state index is 13.7. The number of rotatable bonds is 4. The summed E-state index contributed by atoms with van der Waals surface area (Å²) in [6.45, 7) is 6.27. The van der Waals surface area contributed by atoms with Crippen LogP contribution in [0.1, 0.15) is 48.7 Å². The molecule has 0 saturated heterocycles. The minimum atomic E-state index is -0.498. The van der Waals surface area contributed by atoms with Crippen molar-refractivity contribution < 1.29 is 14.5 Å². The Labute approximate surface area is 187 Å². The number of carbonyl (C=O) groups excluding carboxylic acids is 1. The van der Waals surface area contributed by atoms with Gasteiger partial charge < -0.3 is 9.64 Å². The normalized spacial score (nSPS) is 19.2. The van der Waals surface area contributed by atoms with Crippen LogP contribution in [0.5, 0.6) is 5.75 Å². The second kappa shape index (κ2) is 7.79. The Balaban J connectivity index is 1.82. The number of benzene rings is 3. The molecule has 164 valence electrons. The van der Waals surface area contributed by atoms with E-state index in [0.29, 0.717) is 17.7 Å². The summed E-state index contributed by atoms with van der Waals surface area (Å²) in [5.74, 6) is 0.626. The first-order chi connectivity index (χ1) is 15.2. The Morgan fingerprint density at radius 2 is 1.59 bits per heavy atom. The lowest BCUT2D eigenvalue weighted by atomic mass is 9.65. The van der Waals surface area contributed by atoms with E-state index >= 15 is 0 Å².